The zero-order valence-electron chi connectivity index (χ0n) is 17.1. The average molecular weight is 432 g/mol. The number of hydrogen-bond acceptors (Lipinski definition) is 6. The van der Waals surface area contributed by atoms with Crippen LogP contribution in [0.15, 0.2) is 35.1 Å². The first-order chi connectivity index (χ1) is 14.4. The van der Waals surface area contributed by atoms with Gasteiger partial charge in [-0.2, -0.15) is 0 Å². The predicted octanol–water partition coefficient (Wildman–Crippen LogP) is 3.26. The topological polar surface area (TPSA) is 93.8 Å². The molecule has 9 heteroatoms. The van der Waals surface area contributed by atoms with E-state index < -0.39 is 0 Å². The normalized spacial score (nSPS) is 10.7. The van der Waals surface area contributed by atoms with Gasteiger partial charge in [0, 0.05) is 17.1 Å². The zero-order valence-corrected chi connectivity index (χ0v) is 17.9. The fourth-order valence-corrected chi connectivity index (χ4v) is 3.30. The van der Waals surface area contributed by atoms with Gasteiger partial charge in [-0.15, -0.1) is 0 Å². The molecule has 8 nitrogen and oxygen atoms in total. The van der Waals surface area contributed by atoms with Crippen molar-refractivity contribution in [3.05, 3.63) is 57.1 Å². The molecule has 0 atom stereocenters. The Labute approximate surface area is 178 Å². The number of aromatic amines is 1. The van der Waals surface area contributed by atoms with Crippen molar-refractivity contribution in [3.63, 3.8) is 0 Å². The van der Waals surface area contributed by atoms with E-state index in [1.54, 1.807) is 35.2 Å². The summed E-state index contributed by atoms with van der Waals surface area (Å²) in [7, 11) is 4.46. The predicted molar refractivity (Wildman–Crippen MR) is 114 cm³/mol. The van der Waals surface area contributed by atoms with E-state index in [0.717, 1.165) is 0 Å². The Balaban J connectivity index is 1.96. The summed E-state index contributed by atoms with van der Waals surface area (Å²) < 4.78 is 16.0. The van der Waals surface area contributed by atoms with Crippen LogP contribution < -0.4 is 19.8 Å². The molecule has 0 saturated carbocycles. The Morgan fingerprint density at radius 3 is 2.33 bits per heavy atom. The van der Waals surface area contributed by atoms with Crippen molar-refractivity contribution in [1.29, 1.82) is 0 Å². The van der Waals surface area contributed by atoms with Crippen LogP contribution in [0.2, 0.25) is 5.02 Å². The zero-order chi connectivity index (χ0) is 21.8. The van der Waals surface area contributed by atoms with E-state index in [-0.39, 0.29) is 18.0 Å². The van der Waals surface area contributed by atoms with Crippen molar-refractivity contribution < 1.29 is 19.0 Å². The monoisotopic (exact) mass is 431 g/mol. The number of rotatable bonds is 7. The minimum absolute atomic E-state index is 0.115. The number of H-pyrrole nitrogens is 1. The van der Waals surface area contributed by atoms with Gasteiger partial charge in [-0.05, 0) is 37.3 Å². The van der Waals surface area contributed by atoms with Gasteiger partial charge in [0.1, 0.15) is 5.82 Å². The summed E-state index contributed by atoms with van der Waals surface area (Å²) in [4.78, 5) is 34.3. The van der Waals surface area contributed by atoms with Gasteiger partial charge in [-0.25, -0.2) is 4.98 Å². The molecule has 3 aromatic rings. The molecule has 0 saturated heterocycles. The lowest BCUT2D eigenvalue weighted by Crippen LogP contribution is -2.32. The molecule has 158 valence electrons. The van der Waals surface area contributed by atoms with Crippen LogP contribution in [0.25, 0.3) is 10.9 Å². The van der Waals surface area contributed by atoms with E-state index in [1.807, 2.05) is 6.92 Å². The summed E-state index contributed by atoms with van der Waals surface area (Å²) in [6.45, 7) is 2.35. The minimum atomic E-state index is -0.289. The number of carbonyl (C=O) groups excluding carboxylic acids is 1. The Morgan fingerprint density at radius 2 is 1.77 bits per heavy atom. The molecule has 0 bridgehead atoms. The van der Waals surface area contributed by atoms with Crippen LogP contribution in [0, 0.1) is 0 Å². The number of aromatic nitrogens is 2. The summed E-state index contributed by atoms with van der Waals surface area (Å²) in [5, 5.41) is 0.912. The van der Waals surface area contributed by atoms with Gasteiger partial charge in [0.25, 0.3) is 11.5 Å². The Kier molecular flexibility index (Phi) is 6.47. The molecule has 1 N–H and O–H groups in total. The van der Waals surface area contributed by atoms with Gasteiger partial charge in [0.05, 0.1) is 38.8 Å². The third kappa shape index (κ3) is 4.18. The summed E-state index contributed by atoms with van der Waals surface area (Å²) >= 11 is 6.02. The number of halogens is 1. The van der Waals surface area contributed by atoms with Crippen molar-refractivity contribution >= 4 is 28.4 Å². The number of fused-ring (bicyclic) bond motifs is 1. The van der Waals surface area contributed by atoms with Crippen LogP contribution in [-0.4, -0.2) is 48.6 Å². The van der Waals surface area contributed by atoms with Gasteiger partial charge in [-0.1, -0.05) is 11.6 Å². The van der Waals surface area contributed by atoms with E-state index in [0.29, 0.717) is 51.1 Å². The third-order valence-electron chi connectivity index (χ3n) is 4.64. The highest BCUT2D eigenvalue weighted by molar-refractivity contribution is 6.31. The summed E-state index contributed by atoms with van der Waals surface area (Å²) in [5.74, 6) is 1.24. The Bertz CT molecular complexity index is 1120. The standard InChI is InChI=1S/C21H22ClN3O5/c1-5-25(11-18-23-15-10-13(22)6-7-14(15)20(26)24-18)21(27)12-8-16(28-2)19(30-4)17(9-12)29-3/h6-10H,5,11H2,1-4H3,(H,23,24,26). The molecular formula is C21H22ClN3O5. The van der Waals surface area contributed by atoms with Crippen LogP contribution in [0.4, 0.5) is 0 Å². The van der Waals surface area contributed by atoms with Crippen molar-refractivity contribution in [3.8, 4) is 17.2 Å². The number of hydrogen-bond donors (Lipinski definition) is 1. The molecule has 2 aromatic carbocycles. The molecular weight excluding hydrogens is 410 g/mol. The van der Waals surface area contributed by atoms with E-state index in [9.17, 15) is 9.59 Å². The molecule has 0 fully saturated rings. The average Bonchev–Trinajstić information content (AvgIpc) is 2.75. The largest absolute Gasteiger partial charge is 0.493 e. The lowest BCUT2D eigenvalue weighted by atomic mass is 10.1. The number of amides is 1. The molecule has 0 aliphatic carbocycles. The maximum absolute atomic E-state index is 13.2. The quantitative estimate of drug-likeness (QED) is 0.617. The highest BCUT2D eigenvalue weighted by atomic mass is 35.5. The number of ether oxygens (including phenoxy) is 3. The van der Waals surface area contributed by atoms with Gasteiger partial charge in [0.2, 0.25) is 5.75 Å². The van der Waals surface area contributed by atoms with Crippen LogP contribution in [0.1, 0.15) is 23.1 Å². The lowest BCUT2D eigenvalue weighted by Gasteiger charge is -2.22. The molecule has 30 heavy (non-hydrogen) atoms. The minimum Gasteiger partial charge on any atom is -0.493 e. The first-order valence-corrected chi connectivity index (χ1v) is 9.57. The maximum atomic E-state index is 13.2. The van der Waals surface area contributed by atoms with Crippen LogP contribution >= 0.6 is 11.6 Å². The van der Waals surface area contributed by atoms with E-state index in [2.05, 4.69) is 9.97 Å². The molecule has 0 unspecified atom stereocenters. The Morgan fingerprint density at radius 1 is 1.10 bits per heavy atom. The second kappa shape index (κ2) is 9.04. The van der Waals surface area contributed by atoms with Crippen molar-refractivity contribution in [1.82, 2.24) is 14.9 Å². The van der Waals surface area contributed by atoms with E-state index >= 15 is 0 Å². The van der Waals surface area contributed by atoms with E-state index in [1.165, 1.54) is 21.3 Å². The summed E-state index contributed by atoms with van der Waals surface area (Å²) in [6, 6.07) is 8.04. The lowest BCUT2D eigenvalue weighted by molar-refractivity contribution is 0.0747. The van der Waals surface area contributed by atoms with E-state index in [4.69, 9.17) is 25.8 Å². The second-order valence-corrected chi connectivity index (χ2v) is 6.84. The molecule has 0 aliphatic heterocycles. The molecule has 1 amide bonds. The summed E-state index contributed by atoms with van der Waals surface area (Å²) in [5.41, 5.74) is 0.540. The SMILES string of the molecule is CCN(Cc1nc2cc(Cl)ccc2c(=O)[nH]1)C(=O)c1cc(OC)c(OC)c(OC)c1. The smallest absolute Gasteiger partial charge is 0.258 e. The molecule has 0 aliphatic rings. The summed E-state index contributed by atoms with van der Waals surface area (Å²) in [6.07, 6.45) is 0. The Hall–Kier alpha value is -3.26. The number of methoxy groups -OCH3 is 3. The van der Waals surface area contributed by atoms with Crippen molar-refractivity contribution in [2.75, 3.05) is 27.9 Å². The second-order valence-electron chi connectivity index (χ2n) is 6.41. The molecule has 1 heterocycles. The van der Waals surface area contributed by atoms with Crippen LogP contribution in [0.3, 0.4) is 0 Å². The molecule has 0 spiro atoms. The van der Waals surface area contributed by atoms with Gasteiger partial charge < -0.3 is 24.1 Å². The number of nitrogens with zero attached hydrogens (tertiary/aromatic N) is 2. The van der Waals surface area contributed by atoms with Crippen LogP contribution in [0.5, 0.6) is 17.2 Å². The van der Waals surface area contributed by atoms with Crippen molar-refractivity contribution in [2.24, 2.45) is 0 Å². The fourth-order valence-electron chi connectivity index (χ4n) is 3.13. The third-order valence-corrected chi connectivity index (χ3v) is 4.87. The number of benzene rings is 2. The van der Waals surface area contributed by atoms with Gasteiger partial charge >= 0.3 is 0 Å². The molecule has 3 rings (SSSR count). The van der Waals surface area contributed by atoms with Crippen LogP contribution in [-0.2, 0) is 6.54 Å². The fraction of sp³-hybridized carbons (Fsp3) is 0.286. The van der Waals surface area contributed by atoms with Crippen molar-refractivity contribution in [2.45, 2.75) is 13.5 Å². The van der Waals surface area contributed by atoms with Gasteiger partial charge in [0.15, 0.2) is 11.5 Å². The molecule has 0 radical (unpaired) electrons. The first-order valence-electron chi connectivity index (χ1n) is 9.19. The number of carbonyl (C=O) groups is 1. The highest BCUT2D eigenvalue weighted by Gasteiger charge is 2.21. The number of nitrogens with one attached hydrogen (secondary N) is 1. The maximum Gasteiger partial charge on any atom is 0.258 e. The first kappa shape index (κ1) is 21.4. The van der Waals surface area contributed by atoms with Gasteiger partial charge in [-0.3, -0.25) is 9.59 Å². The highest BCUT2D eigenvalue weighted by Crippen LogP contribution is 2.38. The molecule has 1 aromatic heterocycles.